The number of likely N-dealkylation sites (N-methyl/N-ethyl adjacent to an activating group) is 1. The molecule has 2 aliphatic rings. The Morgan fingerprint density at radius 1 is 1.21 bits per heavy atom. The van der Waals surface area contributed by atoms with E-state index in [4.69, 9.17) is 0 Å². The second kappa shape index (κ2) is 7.99. The van der Waals surface area contributed by atoms with Gasteiger partial charge in [-0.3, -0.25) is 9.78 Å². The summed E-state index contributed by atoms with van der Waals surface area (Å²) in [5.74, 6) is -0.0515. The maximum Gasteiger partial charge on any atom is 0.211 e. The molecule has 1 fully saturated rings. The maximum atomic E-state index is 13.3. The summed E-state index contributed by atoms with van der Waals surface area (Å²) in [4.78, 5) is 21.8. The fourth-order valence-corrected chi connectivity index (χ4v) is 4.86. The Balaban J connectivity index is 1.75. The van der Waals surface area contributed by atoms with E-state index in [1.54, 1.807) is 18.5 Å². The lowest BCUT2D eigenvalue weighted by Crippen LogP contribution is -2.47. The standard InChI is InChI=1S/C22H30N4O3/c1-24(2)11-12-26-10-6-19-20(26)21(28)17-15-23-7-3-18(17)22(19,29)16-4-8-25(9-5-16)13-14-27/h3,6-7,10,15-16,27,29H,4-5,8-9,11-14H2,1-2H3. The van der Waals surface area contributed by atoms with Crippen molar-refractivity contribution in [2.24, 2.45) is 5.92 Å². The second-order valence-electron chi connectivity index (χ2n) is 8.43. The summed E-state index contributed by atoms with van der Waals surface area (Å²) in [5.41, 5.74) is 1.30. The van der Waals surface area contributed by atoms with E-state index in [1.165, 1.54) is 0 Å². The van der Waals surface area contributed by atoms with Crippen LogP contribution in [-0.4, -0.2) is 82.2 Å². The van der Waals surface area contributed by atoms with Gasteiger partial charge in [0, 0.05) is 54.9 Å². The van der Waals surface area contributed by atoms with E-state index in [2.05, 4.69) is 14.8 Å². The first-order chi connectivity index (χ1) is 14.0. The molecule has 1 unspecified atom stereocenters. The number of carbonyl (C=O) groups is 1. The number of β-amino-alcohol motifs (C(OH)–C–C–N with tert-alkyl or cyclic N) is 1. The summed E-state index contributed by atoms with van der Waals surface area (Å²) < 4.78 is 1.97. The minimum absolute atomic E-state index is 0.00939. The fraction of sp³-hybridized carbons (Fsp3) is 0.545. The average molecular weight is 399 g/mol. The molecule has 4 rings (SSSR count). The molecule has 3 heterocycles. The van der Waals surface area contributed by atoms with Crippen molar-refractivity contribution in [3.63, 3.8) is 0 Å². The Kier molecular flexibility index (Phi) is 5.57. The van der Waals surface area contributed by atoms with Gasteiger partial charge in [-0.1, -0.05) is 0 Å². The van der Waals surface area contributed by atoms with Gasteiger partial charge in [0.25, 0.3) is 0 Å². The summed E-state index contributed by atoms with van der Waals surface area (Å²) in [6.07, 6.45) is 6.81. The number of fused-ring (bicyclic) bond motifs is 2. The molecule has 2 N–H and O–H groups in total. The van der Waals surface area contributed by atoms with Crippen molar-refractivity contribution in [3.05, 3.63) is 53.1 Å². The van der Waals surface area contributed by atoms with Crippen LogP contribution in [-0.2, 0) is 12.1 Å². The van der Waals surface area contributed by atoms with Crippen molar-refractivity contribution >= 4 is 5.78 Å². The molecule has 1 saturated heterocycles. The van der Waals surface area contributed by atoms with Crippen LogP contribution in [0.15, 0.2) is 30.7 Å². The van der Waals surface area contributed by atoms with Gasteiger partial charge in [-0.15, -0.1) is 0 Å². The zero-order chi connectivity index (χ0) is 20.6. The molecular weight excluding hydrogens is 368 g/mol. The van der Waals surface area contributed by atoms with Crippen LogP contribution in [0, 0.1) is 5.92 Å². The molecule has 0 saturated carbocycles. The van der Waals surface area contributed by atoms with E-state index < -0.39 is 5.60 Å². The minimum atomic E-state index is -1.20. The first-order valence-corrected chi connectivity index (χ1v) is 10.4. The van der Waals surface area contributed by atoms with E-state index in [0.717, 1.165) is 38.0 Å². The van der Waals surface area contributed by atoms with Crippen LogP contribution < -0.4 is 0 Å². The SMILES string of the molecule is CN(C)CCn1ccc2c1C(=O)c1cnccc1C2(O)C1CCN(CCO)CC1. The molecule has 0 aromatic carbocycles. The number of aliphatic hydroxyl groups is 2. The first kappa shape index (κ1) is 20.2. The van der Waals surface area contributed by atoms with Crippen LogP contribution >= 0.6 is 0 Å². The van der Waals surface area contributed by atoms with Crippen LogP contribution in [0.3, 0.4) is 0 Å². The highest BCUT2D eigenvalue weighted by Gasteiger charge is 2.49. The van der Waals surface area contributed by atoms with Gasteiger partial charge in [0.2, 0.25) is 5.78 Å². The van der Waals surface area contributed by atoms with Crippen LogP contribution in [0.25, 0.3) is 0 Å². The van der Waals surface area contributed by atoms with E-state index in [-0.39, 0.29) is 18.3 Å². The van der Waals surface area contributed by atoms with Gasteiger partial charge < -0.3 is 24.6 Å². The third kappa shape index (κ3) is 3.42. The Bertz CT molecular complexity index is 886. The number of rotatable bonds is 6. The lowest BCUT2D eigenvalue weighted by Gasteiger charge is -2.44. The number of carbonyl (C=O) groups excluding carboxylic acids is 1. The predicted octanol–water partition coefficient (Wildman–Crippen LogP) is 0.929. The minimum Gasteiger partial charge on any atom is -0.395 e. The Hall–Kier alpha value is -2.06. The second-order valence-corrected chi connectivity index (χ2v) is 8.43. The molecule has 2 aromatic rings. The zero-order valence-electron chi connectivity index (χ0n) is 17.2. The van der Waals surface area contributed by atoms with E-state index in [9.17, 15) is 15.0 Å². The number of pyridine rings is 1. The predicted molar refractivity (Wildman–Crippen MR) is 110 cm³/mol. The number of ketones is 1. The molecular formula is C22H30N4O3. The van der Waals surface area contributed by atoms with Gasteiger partial charge in [0.05, 0.1) is 12.3 Å². The third-order valence-corrected chi connectivity index (χ3v) is 6.45. The molecule has 0 radical (unpaired) electrons. The molecule has 7 heteroatoms. The van der Waals surface area contributed by atoms with E-state index in [1.807, 2.05) is 30.9 Å². The Labute approximate surface area is 171 Å². The summed E-state index contributed by atoms with van der Waals surface area (Å²) in [6, 6.07) is 3.72. The van der Waals surface area contributed by atoms with Gasteiger partial charge in [-0.05, 0) is 58.1 Å². The molecule has 1 aliphatic heterocycles. The molecule has 0 spiro atoms. The number of nitrogens with zero attached hydrogens (tertiary/aromatic N) is 4. The molecule has 0 amide bonds. The van der Waals surface area contributed by atoms with Crippen LogP contribution in [0.5, 0.6) is 0 Å². The van der Waals surface area contributed by atoms with E-state index >= 15 is 0 Å². The fourth-order valence-electron chi connectivity index (χ4n) is 4.86. The lowest BCUT2D eigenvalue weighted by molar-refractivity contribution is -0.0181. The summed E-state index contributed by atoms with van der Waals surface area (Å²) in [6.45, 7) is 3.98. The summed E-state index contributed by atoms with van der Waals surface area (Å²) in [5, 5.41) is 21.4. The normalized spacial score (nSPS) is 22.7. The highest BCUT2D eigenvalue weighted by Crippen LogP contribution is 2.47. The molecule has 7 nitrogen and oxygen atoms in total. The topological polar surface area (TPSA) is 81.8 Å². The van der Waals surface area contributed by atoms with Gasteiger partial charge in [-0.2, -0.15) is 0 Å². The highest BCUT2D eigenvalue weighted by molar-refractivity contribution is 6.12. The molecule has 1 atom stereocenters. The summed E-state index contributed by atoms with van der Waals surface area (Å²) >= 11 is 0. The molecule has 0 bridgehead atoms. The number of hydrogen-bond acceptors (Lipinski definition) is 6. The lowest BCUT2D eigenvalue weighted by atomic mass is 9.67. The van der Waals surface area contributed by atoms with Gasteiger partial charge >= 0.3 is 0 Å². The number of likely N-dealkylation sites (tertiary alicyclic amines) is 1. The average Bonchev–Trinajstić information content (AvgIpc) is 3.16. The molecule has 2 aromatic heterocycles. The number of piperidine rings is 1. The number of hydrogen-bond donors (Lipinski definition) is 2. The smallest absolute Gasteiger partial charge is 0.211 e. The quantitative estimate of drug-likeness (QED) is 0.753. The largest absolute Gasteiger partial charge is 0.395 e. The molecule has 29 heavy (non-hydrogen) atoms. The van der Waals surface area contributed by atoms with Crippen LogP contribution in [0.2, 0.25) is 0 Å². The monoisotopic (exact) mass is 398 g/mol. The summed E-state index contributed by atoms with van der Waals surface area (Å²) in [7, 11) is 4.01. The number of aliphatic hydroxyl groups excluding tert-OH is 1. The Morgan fingerprint density at radius 3 is 2.66 bits per heavy atom. The van der Waals surface area contributed by atoms with Crippen molar-refractivity contribution in [2.75, 3.05) is 46.9 Å². The van der Waals surface area contributed by atoms with Crippen molar-refractivity contribution in [1.29, 1.82) is 0 Å². The van der Waals surface area contributed by atoms with Crippen molar-refractivity contribution in [3.8, 4) is 0 Å². The Morgan fingerprint density at radius 2 is 1.97 bits per heavy atom. The molecule has 1 aliphatic carbocycles. The molecule has 156 valence electrons. The highest BCUT2D eigenvalue weighted by atomic mass is 16.3. The van der Waals surface area contributed by atoms with E-state index in [0.29, 0.717) is 29.9 Å². The van der Waals surface area contributed by atoms with Gasteiger partial charge in [0.1, 0.15) is 5.60 Å². The maximum absolute atomic E-state index is 13.3. The van der Waals surface area contributed by atoms with Crippen LogP contribution in [0.4, 0.5) is 0 Å². The van der Waals surface area contributed by atoms with Crippen molar-refractivity contribution in [2.45, 2.75) is 25.0 Å². The number of aromatic nitrogens is 2. The zero-order valence-corrected chi connectivity index (χ0v) is 17.2. The van der Waals surface area contributed by atoms with Gasteiger partial charge in [-0.25, -0.2) is 0 Å². The van der Waals surface area contributed by atoms with Gasteiger partial charge in [0.15, 0.2) is 0 Å². The first-order valence-electron chi connectivity index (χ1n) is 10.4. The third-order valence-electron chi connectivity index (χ3n) is 6.45. The van der Waals surface area contributed by atoms with Crippen LogP contribution in [0.1, 0.15) is 40.0 Å². The van der Waals surface area contributed by atoms with Crippen molar-refractivity contribution in [1.82, 2.24) is 19.4 Å². The van der Waals surface area contributed by atoms with Crippen molar-refractivity contribution < 1.29 is 15.0 Å².